The lowest BCUT2D eigenvalue weighted by Gasteiger charge is -2.24. The Hall–Kier alpha value is -4.47. The zero-order chi connectivity index (χ0) is 28.2. The molecule has 204 valence electrons. The molecule has 1 aliphatic heterocycles. The lowest BCUT2D eigenvalue weighted by molar-refractivity contribution is 0.0180. The summed E-state index contributed by atoms with van der Waals surface area (Å²) >= 11 is 0. The number of urea groups is 1. The number of amides is 3. The first-order chi connectivity index (χ1) is 18.5. The molecule has 0 aliphatic carbocycles. The number of hydrogen-bond donors (Lipinski definition) is 2. The lowest BCUT2D eigenvalue weighted by atomic mass is 10.0. The van der Waals surface area contributed by atoms with E-state index in [-0.39, 0.29) is 24.3 Å². The van der Waals surface area contributed by atoms with Gasteiger partial charge in [-0.05, 0) is 68.3 Å². The fourth-order valence-corrected chi connectivity index (χ4v) is 4.10. The van der Waals surface area contributed by atoms with Crippen LogP contribution in [0.2, 0.25) is 0 Å². The number of nitrogens with zero attached hydrogens (tertiary/aromatic N) is 1. The second-order valence-electron chi connectivity index (χ2n) is 10.1. The Kier molecular flexibility index (Phi) is 8.13. The SMILES string of the molecule is CC(C)(C)OC(=O)N1CC(NC(=O)Nc2ccccc2F)[C@@H](OC(=O)c2cccc(-c3cccc(F)c3)c2)C1. The van der Waals surface area contributed by atoms with Crippen LogP contribution in [-0.4, -0.2) is 53.8 Å². The molecule has 0 saturated carbocycles. The number of benzene rings is 3. The fraction of sp³-hybridized carbons (Fsp3) is 0.276. The summed E-state index contributed by atoms with van der Waals surface area (Å²) in [6.07, 6.45) is -1.55. The molecule has 0 bridgehead atoms. The van der Waals surface area contributed by atoms with Gasteiger partial charge in [0.2, 0.25) is 0 Å². The molecular weight excluding hydrogens is 508 g/mol. The van der Waals surface area contributed by atoms with Gasteiger partial charge < -0.3 is 25.0 Å². The lowest BCUT2D eigenvalue weighted by Crippen LogP contribution is -2.46. The van der Waals surface area contributed by atoms with Crippen molar-refractivity contribution in [1.82, 2.24) is 10.2 Å². The molecule has 3 amide bonds. The Morgan fingerprint density at radius 3 is 2.28 bits per heavy atom. The van der Waals surface area contributed by atoms with Crippen molar-refractivity contribution in [1.29, 1.82) is 0 Å². The third-order valence-electron chi connectivity index (χ3n) is 5.87. The van der Waals surface area contributed by atoms with Gasteiger partial charge in [-0.25, -0.2) is 23.2 Å². The van der Waals surface area contributed by atoms with Gasteiger partial charge >= 0.3 is 18.1 Å². The Morgan fingerprint density at radius 2 is 1.59 bits per heavy atom. The maximum atomic E-state index is 14.0. The normalized spacial score (nSPS) is 16.9. The number of carbonyl (C=O) groups excluding carboxylic acids is 3. The minimum absolute atomic E-state index is 0.000877. The van der Waals surface area contributed by atoms with Crippen molar-refractivity contribution in [2.24, 2.45) is 0 Å². The summed E-state index contributed by atoms with van der Waals surface area (Å²) in [6, 6.07) is 16.6. The molecular formula is C29H29F2N3O5. The van der Waals surface area contributed by atoms with E-state index in [2.05, 4.69) is 10.6 Å². The summed E-state index contributed by atoms with van der Waals surface area (Å²) in [6.45, 7) is 5.14. The summed E-state index contributed by atoms with van der Waals surface area (Å²) in [7, 11) is 0. The smallest absolute Gasteiger partial charge is 0.410 e. The number of anilines is 1. The molecule has 3 aromatic rings. The monoisotopic (exact) mass is 537 g/mol. The molecule has 0 spiro atoms. The molecule has 1 saturated heterocycles. The number of halogens is 2. The van der Waals surface area contributed by atoms with E-state index in [0.717, 1.165) is 0 Å². The van der Waals surface area contributed by atoms with Crippen molar-refractivity contribution < 1.29 is 32.6 Å². The second kappa shape index (κ2) is 11.5. The number of likely N-dealkylation sites (tertiary alicyclic amines) is 1. The van der Waals surface area contributed by atoms with Gasteiger partial charge in [-0.1, -0.05) is 36.4 Å². The Bertz CT molecular complexity index is 1370. The zero-order valence-corrected chi connectivity index (χ0v) is 21.7. The highest BCUT2D eigenvalue weighted by molar-refractivity contribution is 5.92. The first kappa shape index (κ1) is 27.6. The summed E-state index contributed by atoms with van der Waals surface area (Å²) in [5.74, 6) is -1.71. The van der Waals surface area contributed by atoms with Crippen molar-refractivity contribution in [2.45, 2.75) is 38.5 Å². The third kappa shape index (κ3) is 7.31. The second-order valence-corrected chi connectivity index (χ2v) is 10.1. The minimum atomic E-state index is -0.922. The van der Waals surface area contributed by atoms with Crippen molar-refractivity contribution in [3.05, 3.63) is 90.0 Å². The Morgan fingerprint density at radius 1 is 0.897 bits per heavy atom. The maximum Gasteiger partial charge on any atom is 0.410 e. The van der Waals surface area contributed by atoms with Crippen LogP contribution < -0.4 is 10.6 Å². The number of nitrogens with one attached hydrogen (secondary N) is 2. The van der Waals surface area contributed by atoms with E-state index in [4.69, 9.17) is 9.47 Å². The number of rotatable bonds is 5. The first-order valence-electron chi connectivity index (χ1n) is 12.4. The van der Waals surface area contributed by atoms with E-state index >= 15 is 0 Å². The van der Waals surface area contributed by atoms with Crippen molar-refractivity contribution in [3.63, 3.8) is 0 Å². The van der Waals surface area contributed by atoms with Gasteiger partial charge in [0, 0.05) is 6.54 Å². The fourth-order valence-electron chi connectivity index (χ4n) is 4.10. The molecule has 0 aromatic heterocycles. The molecule has 4 rings (SSSR count). The summed E-state index contributed by atoms with van der Waals surface area (Å²) < 4.78 is 38.9. The molecule has 1 heterocycles. The Labute approximate surface area is 224 Å². The summed E-state index contributed by atoms with van der Waals surface area (Å²) in [4.78, 5) is 39.8. The van der Waals surface area contributed by atoms with Crippen LogP contribution in [0.3, 0.4) is 0 Å². The first-order valence-corrected chi connectivity index (χ1v) is 12.4. The molecule has 1 unspecified atom stereocenters. The number of hydrogen-bond acceptors (Lipinski definition) is 5. The van der Waals surface area contributed by atoms with Gasteiger partial charge in [0.15, 0.2) is 0 Å². The van der Waals surface area contributed by atoms with E-state index in [1.54, 1.807) is 63.2 Å². The van der Waals surface area contributed by atoms with E-state index in [1.165, 1.54) is 35.2 Å². The van der Waals surface area contributed by atoms with E-state index in [1.807, 2.05) is 0 Å². The standard InChI is InChI=1S/C29H29F2N3O5/c1-29(2,3)39-28(37)34-16-24(33-27(36)32-23-13-5-4-12-22(23)31)25(17-34)38-26(35)20-10-6-8-18(14-20)19-9-7-11-21(30)15-19/h4-15,24-25H,16-17H2,1-3H3,(H2,32,33,36)/t24?,25-/m0/s1. The number of carbonyl (C=O) groups is 3. The highest BCUT2D eigenvalue weighted by Gasteiger charge is 2.40. The molecule has 8 nitrogen and oxygen atoms in total. The molecule has 10 heteroatoms. The van der Waals surface area contributed by atoms with Gasteiger partial charge in [0.05, 0.1) is 23.8 Å². The van der Waals surface area contributed by atoms with Crippen LogP contribution in [-0.2, 0) is 9.47 Å². The zero-order valence-electron chi connectivity index (χ0n) is 21.7. The Balaban J connectivity index is 1.51. The number of ether oxygens (including phenoxy) is 2. The van der Waals surface area contributed by atoms with Crippen LogP contribution in [0.5, 0.6) is 0 Å². The van der Waals surface area contributed by atoms with E-state index < -0.39 is 47.5 Å². The highest BCUT2D eigenvalue weighted by Crippen LogP contribution is 2.24. The van der Waals surface area contributed by atoms with Crippen LogP contribution in [0.1, 0.15) is 31.1 Å². The van der Waals surface area contributed by atoms with Gasteiger partial charge in [-0.3, -0.25) is 0 Å². The van der Waals surface area contributed by atoms with Crippen LogP contribution in [0, 0.1) is 11.6 Å². The van der Waals surface area contributed by atoms with Gasteiger partial charge in [-0.2, -0.15) is 0 Å². The van der Waals surface area contributed by atoms with Gasteiger partial charge in [0.1, 0.15) is 23.3 Å². The molecule has 3 aromatic carbocycles. The quantitative estimate of drug-likeness (QED) is 0.413. The van der Waals surface area contributed by atoms with Crippen LogP contribution >= 0.6 is 0 Å². The molecule has 1 aliphatic rings. The number of para-hydroxylation sites is 1. The molecule has 0 radical (unpaired) electrons. The third-order valence-corrected chi connectivity index (χ3v) is 5.87. The molecule has 39 heavy (non-hydrogen) atoms. The van der Waals surface area contributed by atoms with Crippen LogP contribution in [0.4, 0.5) is 24.1 Å². The van der Waals surface area contributed by atoms with Crippen molar-refractivity contribution >= 4 is 23.8 Å². The van der Waals surface area contributed by atoms with Crippen molar-refractivity contribution in [3.8, 4) is 11.1 Å². The maximum absolute atomic E-state index is 14.0. The largest absolute Gasteiger partial charge is 0.455 e. The van der Waals surface area contributed by atoms with Gasteiger partial charge in [0.25, 0.3) is 0 Å². The minimum Gasteiger partial charge on any atom is -0.455 e. The molecule has 1 fully saturated rings. The average molecular weight is 538 g/mol. The van der Waals surface area contributed by atoms with E-state index in [0.29, 0.717) is 11.1 Å². The van der Waals surface area contributed by atoms with Crippen LogP contribution in [0.15, 0.2) is 72.8 Å². The van der Waals surface area contributed by atoms with E-state index in [9.17, 15) is 23.2 Å². The van der Waals surface area contributed by atoms with Crippen molar-refractivity contribution in [2.75, 3.05) is 18.4 Å². The predicted molar refractivity (Wildman–Crippen MR) is 141 cm³/mol. The molecule has 2 N–H and O–H groups in total. The topological polar surface area (TPSA) is 97.0 Å². The molecule has 2 atom stereocenters. The number of esters is 1. The average Bonchev–Trinajstić information content (AvgIpc) is 3.26. The summed E-state index contributed by atoms with van der Waals surface area (Å²) in [5.41, 5.74) is 0.631. The summed E-state index contributed by atoms with van der Waals surface area (Å²) in [5, 5.41) is 5.09. The predicted octanol–water partition coefficient (Wildman–Crippen LogP) is 5.60. The highest BCUT2D eigenvalue weighted by atomic mass is 19.1. The van der Waals surface area contributed by atoms with Crippen LogP contribution in [0.25, 0.3) is 11.1 Å². The van der Waals surface area contributed by atoms with Gasteiger partial charge in [-0.15, -0.1) is 0 Å².